The Morgan fingerprint density at radius 3 is 2.57 bits per heavy atom. The number of nitrogen functional groups attached to an aromatic ring is 1. The smallest absolute Gasteiger partial charge is 0.256 e. The molecule has 74 valence electrons. The maximum atomic E-state index is 11.4. The second-order valence-electron chi connectivity index (χ2n) is 3.44. The summed E-state index contributed by atoms with van der Waals surface area (Å²) in [5, 5.41) is 4.24. The number of aromatic amines is 1. The van der Waals surface area contributed by atoms with Crippen molar-refractivity contribution in [3.05, 3.63) is 27.2 Å². The number of nitrogens with one attached hydrogen (secondary N) is 1. The molecule has 2 aromatic rings. The van der Waals surface area contributed by atoms with E-state index in [9.17, 15) is 4.79 Å². The van der Waals surface area contributed by atoms with Crippen molar-refractivity contribution >= 4 is 11.5 Å². The highest BCUT2D eigenvalue weighted by Gasteiger charge is 2.10. The quantitative estimate of drug-likeness (QED) is 0.639. The summed E-state index contributed by atoms with van der Waals surface area (Å²) < 4.78 is 1.57. The summed E-state index contributed by atoms with van der Waals surface area (Å²) in [5.74, 6) is 0.403. The van der Waals surface area contributed by atoms with Gasteiger partial charge in [-0.25, -0.2) is 4.52 Å². The van der Waals surface area contributed by atoms with Gasteiger partial charge in [0, 0.05) is 5.56 Å². The first-order valence-corrected chi connectivity index (χ1v) is 4.36. The molecule has 2 aromatic heterocycles. The first-order valence-electron chi connectivity index (χ1n) is 4.36. The molecule has 5 nitrogen and oxygen atoms in total. The third-order valence-corrected chi connectivity index (χ3v) is 2.54. The van der Waals surface area contributed by atoms with Crippen molar-refractivity contribution in [3.63, 3.8) is 0 Å². The van der Waals surface area contributed by atoms with Crippen molar-refractivity contribution in [2.75, 3.05) is 5.73 Å². The van der Waals surface area contributed by atoms with Crippen LogP contribution >= 0.6 is 0 Å². The Morgan fingerprint density at radius 1 is 1.29 bits per heavy atom. The van der Waals surface area contributed by atoms with Crippen LogP contribution < -0.4 is 11.3 Å². The van der Waals surface area contributed by atoms with Gasteiger partial charge in [0.15, 0.2) is 0 Å². The van der Waals surface area contributed by atoms with Gasteiger partial charge in [-0.05, 0) is 20.8 Å². The minimum Gasteiger partial charge on any atom is -0.383 e. The van der Waals surface area contributed by atoms with Crippen LogP contribution in [0, 0.1) is 20.8 Å². The normalized spacial score (nSPS) is 11.1. The summed E-state index contributed by atoms with van der Waals surface area (Å²) in [6.07, 6.45) is 0. The molecule has 0 fully saturated rings. The van der Waals surface area contributed by atoms with Crippen LogP contribution in [-0.4, -0.2) is 14.6 Å². The fourth-order valence-electron chi connectivity index (χ4n) is 1.40. The highest BCUT2D eigenvalue weighted by molar-refractivity contribution is 5.55. The minimum absolute atomic E-state index is 0.155. The molecule has 5 heteroatoms. The van der Waals surface area contributed by atoms with Crippen LogP contribution in [0.15, 0.2) is 4.79 Å². The topological polar surface area (TPSA) is 76.2 Å². The average molecular weight is 192 g/mol. The summed E-state index contributed by atoms with van der Waals surface area (Å²) in [7, 11) is 0. The van der Waals surface area contributed by atoms with E-state index in [0.717, 1.165) is 11.3 Å². The number of fused-ring (bicyclic) bond motifs is 1. The molecule has 0 unspecified atom stereocenters. The van der Waals surface area contributed by atoms with E-state index in [-0.39, 0.29) is 5.56 Å². The van der Waals surface area contributed by atoms with Gasteiger partial charge in [0.05, 0.1) is 11.3 Å². The molecule has 2 heterocycles. The lowest BCUT2D eigenvalue weighted by Gasteiger charge is -2.01. The van der Waals surface area contributed by atoms with Crippen molar-refractivity contribution in [1.29, 1.82) is 0 Å². The average Bonchev–Trinajstić information content (AvgIpc) is 2.42. The summed E-state index contributed by atoms with van der Waals surface area (Å²) >= 11 is 0. The van der Waals surface area contributed by atoms with Gasteiger partial charge in [-0.3, -0.25) is 4.79 Å². The number of nitrogens with two attached hydrogens (primary N) is 1. The van der Waals surface area contributed by atoms with Gasteiger partial charge in [-0.2, -0.15) is 5.10 Å². The number of hydrogen-bond donors (Lipinski definition) is 2. The lowest BCUT2D eigenvalue weighted by Crippen LogP contribution is -2.16. The maximum Gasteiger partial charge on any atom is 0.256 e. The molecule has 0 spiro atoms. The van der Waals surface area contributed by atoms with Crippen LogP contribution in [0.4, 0.5) is 5.82 Å². The van der Waals surface area contributed by atoms with Gasteiger partial charge in [0.2, 0.25) is 0 Å². The molecule has 14 heavy (non-hydrogen) atoms. The van der Waals surface area contributed by atoms with Gasteiger partial charge in [0.1, 0.15) is 11.5 Å². The Labute approximate surface area is 80.6 Å². The minimum atomic E-state index is -0.155. The lowest BCUT2D eigenvalue weighted by atomic mass is 10.3. The molecule has 2 rings (SSSR count). The summed E-state index contributed by atoms with van der Waals surface area (Å²) in [6, 6.07) is 0. The van der Waals surface area contributed by atoms with E-state index >= 15 is 0 Å². The second kappa shape index (κ2) is 2.60. The van der Waals surface area contributed by atoms with E-state index in [1.165, 1.54) is 0 Å². The van der Waals surface area contributed by atoms with E-state index in [2.05, 4.69) is 10.1 Å². The third-order valence-electron chi connectivity index (χ3n) is 2.54. The van der Waals surface area contributed by atoms with Gasteiger partial charge in [0.25, 0.3) is 5.56 Å². The molecule has 0 atom stereocenters. The van der Waals surface area contributed by atoms with Crippen molar-refractivity contribution in [2.24, 2.45) is 0 Å². The Balaban J connectivity index is 3.05. The molecule has 0 saturated heterocycles. The molecule has 0 aliphatic rings. The lowest BCUT2D eigenvalue weighted by molar-refractivity contribution is 0.911. The fraction of sp³-hybridized carbons (Fsp3) is 0.333. The first-order chi connectivity index (χ1) is 6.52. The SMILES string of the molecule is Cc1nn2c(N)c(C)c(=O)[nH]c2c1C. The fourth-order valence-corrected chi connectivity index (χ4v) is 1.40. The van der Waals surface area contributed by atoms with E-state index in [4.69, 9.17) is 5.73 Å². The van der Waals surface area contributed by atoms with Crippen LogP contribution in [0.5, 0.6) is 0 Å². The van der Waals surface area contributed by atoms with Gasteiger partial charge < -0.3 is 10.7 Å². The van der Waals surface area contributed by atoms with Crippen LogP contribution in [0.25, 0.3) is 5.65 Å². The van der Waals surface area contributed by atoms with Crippen LogP contribution in [0.1, 0.15) is 16.8 Å². The number of H-pyrrole nitrogens is 1. The zero-order valence-electron chi connectivity index (χ0n) is 8.38. The van der Waals surface area contributed by atoms with Crippen molar-refractivity contribution in [1.82, 2.24) is 14.6 Å². The second-order valence-corrected chi connectivity index (χ2v) is 3.44. The molecule has 3 N–H and O–H groups in total. The van der Waals surface area contributed by atoms with Crippen molar-refractivity contribution in [2.45, 2.75) is 20.8 Å². The number of rotatable bonds is 0. The number of anilines is 1. The van der Waals surface area contributed by atoms with Crippen LogP contribution in [0.2, 0.25) is 0 Å². The zero-order chi connectivity index (χ0) is 10.5. The number of aryl methyl sites for hydroxylation is 2. The van der Waals surface area contributed by atoms with E-state index < -0.39 is 0 Å². The van der Waals surface area contributed by atoms with E-state index in [1.54, 1.807) is 11.4 Å². The number of hydrogen-bond acceptors (Lipinski definition) is 3. The Hall–Kier alpha value is -1.78. The molecule has 0 bridgehead atoms. The third kappa shape index (κ3) is 0.951. The summed E-state index contributed by atoms with van der Waals surface area (Å²) in [5.41, 5.74) is 8.63. The van der Waals surface area contributed by atoms with E-state index in [0.29, 0.717) is 17.0 Å². The van der Waals surface area contributed by atoms with Gasteiger partial charge in [-0.15, -0.1) is 0 Å². The molecule has 0 radical (unpaired) electrons. The monoisotopic (exact) mass is 192 g/mol. The highest BCUT2D eigenvalue weighted by Crippen LogP contribution is 2.14. The van der Waals surface area contributed by atoms with Gasteiger partial charge >= 0.3 is 0 Å². The van der Waals surface area contributed by atoms with Crippen LogP contribution in [0.3, 0.4) is 0 Å². The highest BCUT2D eigenvalue weighted by atomic mass is 16.1. The Kier molecular flexibility index (Phi) is 1.64. The molecule has 0 aliphatic carbocycles. The Bertz CT molecular complexity index is 564. The van der Waals surface area contributed by atoms with E-state index in [1.807, 2.05) is 13.8 Å². The predicted octanol–water partition coefficient (Wildman–Crippen LogP) is 0.530. The molecular formula is C9H12N4O. The largest absolute Gasteiger partial charge is 0.383 e. The number of aromatic nitrogens is 3. The van der Waals surface area contributed by atoms with Crippen molar-refractivity contribution < 1.29 is 0 Å². The van der Waals surface area contributed by atoms with Crippen molar-refractivity contribution in [3.8, 4) is 0 Å². The standard InChI is InChI=1S/C9H12N4O/c1-4-6(3)12-13-7(10)5(2)9(14)11-8(4)13/h10H2,1-3H3,(H,11,14). The van der Waals surface area contributed by atoms with Crippen LogP contribution in [-0.2, 0) is 0 Å². The summed E-state index contributed by atoms with van der Waals surface area (Å²) in [6.45, 7) is 5.47. The predicted molar refractivity (Wildman–Crippen MR) is 54.4 cm³/mol. The molecular weight excluding hydrogens is 180 g/mol. The molecule has 0 saturated carbocycles. The number of nitrogens with zero attached hydrogens (tertiary/aromatic N) is 2. The maximum absolute atomic E-state index is 11.4. The first kappa shape index (κ1) is 8.80. The summed E-state index contributed by atoms with van der Waals surface area (Å²) in [4.78, 5) is 14.2. The van der Waals surface area contributed by atoms with Gasteiger partial charge in [-0.1, -0.05) is 0 Å². The molecule has 0 aromatic carbocycles. The molecule has 0 aliphatic heterocycles. The zero-order valence-corrected chi connectivity index (χ0v) is 8.38. The molecule has 0 amide bonds. The Morgan fingerprint density at radius 2 is 1.93 bits per heavy atom.